The van der Waals surface area contributed by atoms with E-state index in [1.54, 1.807) is 37.4 Å². The van der Waals surface area contributed by atoms with Crippen LogP contribution in [-0.4, -0.2) is 38.8 Å². The van der Waals surface area contributed by atoms with E-state index in [4.69, 9.17) is 4.74 Å². The second-order valence-electron chi connectivity index (χ2n) is 6.21. The first-order valence-corrected chi connectivity index (χ1v) is 9.96. The maximum absolute atomic E-state index is 12.6. The second-order valence-corrected chi connectivity index (χ2v) is 8.15. The monoisotopic (exact) mass is 374 g/mol. The van der Waals surface area contributed by atoms with Crippen molar-refractivity contribution in [2.75, 3.05) is 25.5 Å². The normalized spacial score (nSPS) is 15.0. The summed E-state index contributed by atoms with van der Waals surface area (Å²) in [6, 6.07) is 13.7. The maximum Gasteiger partial charge on any atom is 0.243 e. The Bertz CT molecular complexity index is 873. The zero-order valence-corrected chi connectivity index (χ0v) is 15.5. The molecule has 2 aromatic rings. The van der Waals surface area contributed by atoms with Gasteiger partial charge in [-0.2, -0.15) is 4.31 Å². The van der Waals surface area contributed by atoms with Crippen LogP contribution in [0.25, 0.3) is 0 Å². The van der Waals surface area contributed by atoms with Crippen molar-refractivity contribution in [2.24, 2.45) is 0 Å². The first kappa shape index (κ1) is 18.4. The zero-order valence-electron chi connectivity index (χ0n) is 14.6. The Morgan fingerprint density at radius 2 is 1.81 bits per heavy atom. The highest BCUT2D eigenvalue weighted by molar-refractivity contribution is 7.89. The lowest BCUT2D eigenvalue weighted by molar-refractivity contribution is -0.115. The van der Waals surface area contributed by atoms with Crippen molar-refractivity contribution >= 4 is 21.6 Å². The number of carbonyl (C=O) groups excluding carboxylic acids is 1. The maximum atomic E-state index is 12.6. The van der Waals surface area contributed by atoms with E-state index in [9.17, 15) is 13.2 Å². The van der Waals surface area contributed by atoms with Gasteiger partial charge in [0.1, 0.15) is 5.75 Å². The molecule has 0 aliphatic carbocycles. The molecule has 1 amide bonds. The van der Waals surface area contributed by atoms with Crippen LogP contribution in [0.3, 0.4) is 0 Å². The van der Waals surface area contributed by atoms with E-state index in [1.807, 2.05) is 12.1 Å². The molecule has 0 unspecified atom stereocenters. The summed E-state index contributed by atoms with van der Waals surface area (Å²) in [6.07, 6.45) is 1.97. The van der Waals surface area contributed by atoms with Gasteiger partial charge in [-0.15, -0.1) is 0 Å². The van der Waals surface area contributed by atoms with Crippen LogP contribution in [0.5, 0.6) is 5.75 Å². The van der Waals surface area contributed by atoms with Crippen LogP contribution in [0.15, 0.2) is 53.4 Å². The number of rotatable bonds is 6. The Morgan fingerprint density at radius 1 is 1.12 bits per heavy atom. The van der Waals surface area contributed by atoms with Crippen LogP contribution >= 0.6 is 0 Å². The van der Waals surface area contributed by atoms with Gasteiger partial charge >= 0.3 is 0 Å². The van der Waals surface area contributed by atoms with E-state index in [1.165, 1.54) is 10.4 Å². The fourth-order valence-electron chi connectivity index (χ4n) is 2.95. The zero-order chi connectivity index (χ0) is 18.6. The smallest absolute Gasteiger partial charge is 0.243 e. The highest BCUT2D eigenvalue weighted by Crippen LogP contribution is 2.23. The van der Waals surface area contributed by atoms with Gasteiger partial charge < -0.3 is 10.1 Å². The van der Waals surface area contributed by atoms with Crippen molar-refractivity contribution in [3.8, 4) is 5.75 Å². The molecule has 1 heterocycles. The fraction of sp³-hybridized carbons (Fsp3) is 0.316. The number of amides is 1. The third-order valence-corrected chi connectivity index (χ3v) is 6.24. The number of carbonyl (C=O) groups is 1. The molecule has 26 heavy (non-hydrogen) atoms. The minimum absolute atomic E-state index is 0.201. The van der Waals surface area contributed by atoms with Gasteiger partial charge in [-0.1, -0.05) is 18.2 Å². The van der Waals surface area contributed by atoms with Gasteiger partial charge in [-0.05, 0) is 48.7 Å². The molecule has 2 aromatic carbocycles. The Kier molecular flexibility index (Phi) is 5.58. The molecule has 1 aliphatic heterocycles. The third-order valence-electron chi connectivity index (χ3n) is 4.34. The van der Waals surface area contributed by atoms with Gasteiger partial charge in [0.05, 0.1) is 18.4 Å². The highest BCUT2D eigenvalue weighted by atomic mass is 32.2. The Balaban J connectivity index is 1.68. The quantitative estimate of drug-likeness (QED) is 0.843. The molecular formula is C19H22N2O4S. The molecule has 0 radical (unpaired) electrons. The first-order chi connectivity index (χ1) is 12.5. The summed E-state index contributed by atoms with van der Waals surface area (Å²) >= 11 is 0. The molecule has 7 heteroatoms. The van der Waals surface area contributed by atoms with E-state index in [2.05, 4.69) is 5.32 Å². The van der Waals surface area contributed by atoms with E-state index in [0.717, 1.165) is 24.2 Å². The number of benzene rings is 2. The summed E-state index contributed by atoms with van der Waals surface area (Å²) in [4.78, 5) is 12.5. The number of sulfonamides is 1. The van der Waals surface area contributed by atoms with Crippen LogP contribution in [-0.2, 0) is 21.2 Å². The number of hydrogen-bond acceptors (Lipinski definition) is 4. The Labute approximate surface area is 153 Å². The lowest BCUT2D eigenvalue weighted by Crippen LogP contribution is -2.28. The minimum atomic E-state index is -3.50. The predicted octanol–water partition coefficient (Wildman–Crippen LogP) is 2.66. The van der Waals surface area contributed by atoms with Crippen LogP contribution in [0, 0.1) is 0 Å². The molecule has 1 saturated heterocycles. The van der Waals surface area contributed by atoms with Crippen molar-refractivity contribution < 1.29 is 17.9 Å². The average Bonchev–Trinajstić information content (AvgIpc) is 3.18. The molecule has 0 bridgehead atoms. The first-order valence-electron chi connectivity index (χ1n) is 8.52. The third kappa shape index (κ3) is 4.23. The average molecular weight is 374 g/mol. The summed E-state index contributed by atoms with van der Waals surface area (Å²) in [5.74, 6) is 0.528. The van der Waals surface area contributed by atoms with Crippen LogP contribution in [0.4, 0.5) is 5.69 Å². The van der Waals surface area contributed by atoms with E-state index < -0.39 is 10.0 Å². The number of anilines is 1. The summed E-state index contributed by atoms with van der Waals surface area (Å²) in [6.45, 7) is 1.10. The van der Waals surface area contributed by atoms with Crippen LogP contribution < -0.4 is 10.1 Å². The van der Waals surface area contributed by atoms with Gasteiger partial charge in [-0.3, -0.25) is 4.79 Å². The molecule has 138 valence electrons. The molecule has 1 aliphatic rings. The van der Waals surface area contributed by atoms with Gasteiger partial charge in [0.15, 0.2) is 0 Å². The molecule has 0 saturated carbocycles. The Morgan fingerprint density at radius 3 is 2.46 bits per heavy atom. The van der Waals surface area contributed by atoms with Gasteiger partial charge in [0, 0.05) is 18.8 Å². The molecule has 1 N–H and O–H groups in total. The number of ether oxygens (including phenoxy) is 1. The van der Waals surface area contributed by atoms with Gasteiger partial charge in [0.25, 0.3) is 0 Å². The molecule has 0 aromatic heterocycles. The number of nitrogens with one attached hydrogen (secondary N) is 1. The SMILES string of the molecule is COc1ccc(CC(=O)Nc2cccc(S(=O)(=O)N3CCCC3)c2)cc1. The summed E-state index contributed by atoms with van der Waals surface area (Å²) < 4.78 is 31.8. The van der Waals surface area contributed by atoms with Crippen molar-refractivity contribution in [3.63, 3.8) is 0 Å². The molecular weight excluding hydrogens is 352 g/mol. The highest BCUT2D eigenvalue weighted by Gasteiger charge is 2.27. The van der Waals surface area contributed by atoms with Crippen LogP contribution in [0.1, 0.15) is 18.4 Å². The number of hydrogen-bond donors (Lipinski definition) is 1. The number of nitrogens with zero attached hydrogens (tertiary/aromatic N) is 1. The summed E-state index contributed by atoms with van der Waals surface area (Å²) in [5, 5.41) is 2.77. The molecule has 0 spiro atoms. The summed E-state index contributed by atoms with van der Waals surface area (Å²) in [7, 11) is -1.91. The van der Waals surface area contributed by atoms with E-state index >= 15 is 0 Å². The Hall–Kier alpha value is -2.38. The van der Waals surface area contributed by atoms with Crippen molar-refractivity contribution in [2.45, 2.75) is 24.2 Å². The summed E-state index contributed by atoms with van der Waals surface area (Å²) in [5.41, 5.74) is 1.33. The lowest BCUT2D eigenvalue weighted by atomic mass is 10.1. The molecule has 0 atom stereocenters. The molecule has 1 fully saturated rings. The van der Waals surface area contributed by atoms with E-state index in [0.29, 0.717) is 18.8 Å². The number of methoxy groups -OCH3 is 1. The minimum Gasteiger partial charge on any atom is -0.497 e. The molecule has 3 rings (SSSR count). The standard InChI is InChI=1S/C19H22N2O4S/c1-25-17-9-7-15(8-10-17)13-19(22)20-16-5-4-6-18(14-16)26(23,24)21-11-2-3-12-21/h4-10,14H,2-3,11-13H2,1H3,(H,20,22). The van der Waals surface area contributed by atoms with Gasteiger partial charge in [0.2, 0.25) is 15.9 Å². The largest absolute Gasteiger partial charge is 0.497 e. The predicted molar refractivity (Wildman–Crippen MR) is 99.8 cm³/mol. The topological polar surface area (TPSA) is 75.7 Å². The lowest BCUT2D eigenvalue weighted by Gasteiger charge is -2.16. The second kappa shape index (κ2) is 7.88. The van der Waals surface area contributed by atoms with Gasteiger partial charge in [-0.25, -0.2) is 8.42 Å². The molecule has 6 nitrogen and oxygen atoms in total. The fourth-order valence-corrected chi connectivity index (χ4v) is 4.51. The van der Waals surface area contributed by atoms with Crippen molar-refractivity contribution in [1.29, 1.82) is 0 Å². The van der Waals surface area contributed by atoms with Crippen molar-refractivity contribution in [1.82, 2.24) is 4.31 Å². The van der Waals surface area contributed by atoms with E-state index in [-0.39, 0.29) is 17.2 Å². The van der Waals surface area contributed by atoms with Crippen molar-refractivity contribution in [3.05, 3.63) is 54.1 Å². The van der Waals surface area contributed by atoms with Crippen LogP contribution in [0.2, 0.25) is 0 Å².